The lowest BCUT2D eigenvalue weighted by Gasteiger charge is -2.20. The summed E-state index contributed by atoms with van der Waals surface area (Å²) in [7, 11) is 0. The summed E-state index contributed by atoms with van der Waals surface area (Å²) in [6, 6.07) is 1.84. The van der Waals surface area contributed by atoms with Gasteiger partial charge < -0.3 is 10.6 Å². The molecule has 1 fully saturated rings. The molecule has 9 nitrogen and oxygen atoms in total. The number of nitrogens with zero attached hydrogens (tertiary/aromatic N) is 5. The van der Waals surface area contributed by atoms with Crippen LogP contribution in [0.25, 0.3) is 22.6 Å². The highest BCUT2D eigenvalue weighted by Gasteiger charge is 2.25. The number of carbonyl (C=O) groups excluding carboxylic acids is 2. The summed E-state index contributed by atoms with van der Waals surface area (Å²) in [5.41, 5.74) is 6.46. The van der Waals surface area contributed by atoms with Crippen LogP contribution in [0.4, 0.5) is 0 Å². The lowest BCUT2D eigenvalue weighted by molar-refractivity contribution is -0.131. The first-order valence-corrected chi connectivity index (χ1v) is 11.1. The van der Waals surface area contributed by atoms with Crippen molar-refractivity contribution in [1.82, 2.24) is 24.0 Å². The van der Waals surface area contributed by atoms with Gasteiger partial charge in [-0.25, -0.2) is 14.8 Å². The van der Waals surface area contributed by atoms with Gasteiger partial charge in [-0.05, 0) is 31.2 Å². The van der Waals surface area contributed by atoms with Gasteiger partial charge in [0.25, 0.3) is 5.91 Å². The van der Waals surface area contributed by atoms with E-state index in [1.54, 1.807) is 4.90 Å². The highest BCUT2D eigenvalue weighted by Crippen LogP contribution is 2.23. The molecule has 3 aromatic rings. The summed E-state index contributed by atoms with van der Waals surface area (Å²) in [6.45, 7) is 3.36. The quantitative estimate of drug-likeness (QED) is 0.666. The van der Waals surface area contributed by atoms with Crippen molar-refractivity contribution in [3.8, 4) is 11.4 Å². The van der Waals surface area contributed by atoms with Gasteiger partial charge in [0, 0.05) is 30.6 Å². The molecular formula is C20H24N6O3S. The molecule has 0 saturated carbocycles. The minimum Gasteiger partial charge on any atom is -0.364 e. The first-order valence-electron chi connectivity index (χ1n) is 10.1. The standard InChI is InChI=1S/C20H24N6O3S/c1-2-25-19-16(15(17(21)28)22-18(23-19)13-7-10-30-12-13)26(20(25)29)11-14(27)24-8-5-3-4-6-9-24/h7,10,12H,2-6,8-9,11H2,1H3,(H2,21,28). The van der Waals surface area contributed by atoms with Gasteiger partial charge >= 0.3 is 5.69 Å². The van der Waals surface area contributed by atoms with Gasteiger partial charge in [0.2, 0.25) is 5.91 Å². The molecule has 1 saturated heterocycles. The Morgan fingerprint density at radius 3 is 2.47 bits per heavy atom. The second-order valence-corrected chi connectivity index (χ2v) is 8.13. The molecule has 4 heterocycles. The maximum absolute atomic E-state index is 13.1. The van der Waals surface area contributed by atoms with Gasteiger partial charge in [0.05, 0.1) is 0 Å². The smallest absolute Gasteiger partial charge is 0.330 e. The van der Waals surface area contributed by atoms with E-state index in [9.17, 15) is 14.4 Å². The predicted octanol–water partition coefficient (Wildman–Crippen LogP) is 1.84. The monoisotopic (exact) mass is 428 g/mol. The molecule has 1 aliphatic heterocycles. The van der Waals surface area contributed by atoms with Crippen LogP contribution in [-0.4, -0.2) is 48.9 Å². The van der Waals surface area contributed by atoms with E-state index >= 15 is 0 Å². The minimum atomic E-state index is -0.761. The highest BCUT2D eigenvalue weighted by molar-refractivity contribution is 7.08. The summed E-state index contributed by atoms with van der Waals surface area (Å²) in [5.74, 6) is -0.578. The van der Waals surface area contributed by atoms with Crippen molar-refractivity contribution < 1.29 is 9.59 Å². The predicted molar refractivity (Wildman–Crippen MR) is 114 cm³/mol. The number of hydrogen-bond donors (Lipinski definition) is 1. The summed E-state index contributed by atoms with van der Waals surface area (Å²) in [6.07, 6.45) is 4.11. The third-order valence-corrected chi connectivity index (χ3v) is 6.12. The Morgan fingerprint density at radius 1 is 1.13 bits per heavy atom. The van der Waals surface area contributed by atoms with Crippen LogP contribution in [-0.2, 0) is 17.9 Å². The van der Waals surface area contributed by atoms with E-state index in [4.69, 9.17) is 5.73 Å². The maximum Gasteiger partial charge on any atom is 0.330 e. The van der Waals surface area contributed by atoms with E-state index in [1.807, 2.05) is 23.8 Å². The molecule has 158 valence electrons. The number of rotatable bonds is 5. The number of carbonyl (C=O) groups is 2. The molecule has 0 aromatic carbocycles. The first kappa shape index (κ1) is 20.3. The van der Waals surface area contributed by atoms with Crippen LogP contribution < -0.4 is 11.4 Å². The number of imidazole rings is 1. The van der Waals surface area contributed by atoms with Crippen LogP contribution in [0, 0.1) is 0 Å². The van der Waals surface area contributed by atoms with Gasteiger partial charge in [-0.2, -0.15) is 11.3 Å². The Labute approximate surface area is 177 Å². The number of aryl methyl sites for hydroxylation is 1. The van der Waals surface area contributed by atoms with Crippen LogP contribution in [0.2, 0.25) is 0 Å². The maximum atomic E-state index is 13.1. The highest BCUT2D eigenvalue weighted by atomic mass is 32.1. The SMILES string of the molecule is CCn1c(=O)n(CC(=O)N2CCCCCC2)c2c(C(N)=O)nc(-c3ccsc3)nc21. The zero-order valence-corrected chi connectivity index (χ0v) is 17.7. The fourth-order valence-electron chi connectivity index (χ4n) is 3.89. The van der Waals surface area contributed by atoms with Crippen LogP contribution in [0.5, 0.6) is 0 Å². The van der Waals surface area contributed by atoms with Crippen molar-refractivity contribution in [3.05, 3.63) is 33.0 Å². The van der Waals surface area contributed by atoms with Crippen molar-refractivity contribution in [3.63, 3.8) is 0 Å². The summed E-state index contributed by atoms with van der Waals surface area (Å²) in [4.78, 5) is 49.0. The third kappa shape index (κ3) is 3.62. The Kier molecular flexibility index (Phi) is 5.67. The summed E-state index contributed by atoms with van der Waals surface area (Å²) in [5, 5.41) is 3.74. The van der Waals surface area contributed by atoms with Crippen molar-refractivity contribution in [2.45, 2.75) is 45.7 Å². The molecule has 4 rings (SSSR count). The topological polar surface area (TPSA) is 116 Å². The molecule has 0 bridgehead atoms. The van der Waals surface area contributed by atoms with E-state index in [-0.39, 0.29) is 23.7 Å². The molecule has 0 atom stereocenters. The molecule has 30 heavy (non-hydrogen) atoms. The van der Waals surface area contributed by atoms with Gasteiger partial charge in [-0.3, -0.25) is 18.7 Å². The van der Waals surface area contributed by atoms with Crippen molar-refractivity contribution >= 4 is 34.3 Å². The Bertz CT molecular complexity index is 1140. The van der Waals surface area contributed by atoms with E-state index in [1.165, 1.54) is 20.5 Å². The number of nitrogens with two attached hydrogens (primary N) is 1. The third-order valence-electron chi connectivity index (χ3n) is 5.43. The van der Waals surface area contributed by atoms with E-state index in [2.05, 4.69) is 9.97 Å². The van der Waals surface area contributed by atoms with Crippen LogP contribution in [0.1, 0.15) is 43.1 Å². The molecular weight excluding hydrogens is 404 g/mol. The Hall–Kier alpha value is -3.01. The molecule has 1 aliphatic rings. The van der Waals surface area contributed by atoms with Gasteiger partial charge in [-0.15, -0.1) is 0 Å². The van der Waals surface area contributed by atoms with Crippen LogP contribution in [0.15, 0.2) is 21.6 Å². The largest absolute Gasteiger partial charge is 0.364 e. The lowest BCUT2D eigenvalue weighted by atomic mass is 10.2. The molecule has 2 N–H and O–H groups in total. The molecule has 0 spiro atoms. The number of fused-ring (bicyclic) bond motifs is 1. The summed E-state index contributed by atoms with van der Waals surface area (Å²) >= 11 is 1.48. The molecule has 0 aliphatic carbocycles. The fraction of sp³-hybridized carbons (Fsp3) is 0.450. The molecule has 2 amide bonds. The first-order chi connectivity index (χ1) is 14.5. The fourth-order valence-corrected chi connectivity index (χ4v) is 4.53. The number of hydrogen-bond acceptors (Lipinski definition) is 6. The number of likely N-dealkylation sites (tertiary alicyclic amines) is 1. The second-order valence-electron chi connectivity index (χ2n) is 7.35. The minimum absolute atomic E-state index is 0.0471. The number of thiophene rings is 1. The summed E-state index contributed by atoms with van der Waals surface area (Å²) < 4.78 is 2.75. The van der Waals surface area contributed by atoms with E-state index < -0.39 is 11.6 Å². The van der Waals surface area contributed by atoms with Gasteiger partial charge in [0.1, 0.15) is 12.1 Å². The number of aromatic nitrogens is 4. The van der Waals surface area contributed by atoms with Crippen LogP contribution >= 0.6 is 11.3 Å². The van der Waals surface area contributed by atoms with Crippen molar-refractivity contribution in [1.29, 1.82) is 0 Å². The zero-order chi connectivity index (χ0) is 21.3. The Morgan fingerprint density at radius 2 is 1.87 bits per heavy atom. The van der Waals surface area contributed by atoms with Gasteiger partial charge in [0.15, 0.2) is 17.2 Å². The van der Waals surface area contributed by atoms with Gasteiger partial charge in [-0.1, -0.05) is 12.8 Å². The number of primary amides is 1. The second kappa shape index (κ2) is 8.39. The average Bonchev–Trinajstić information content (AvgIpc) is 3.25. The number of amides is 2. The van der Waals surface area contributed by atoms with E-state index in [0.29, 0.717) is 31.1 Å². The van der Waals surface area contributed by atoms with Crippen molar-refractivity contribution in [2.24, 2.45) is 5.73 Å². The molecule has 10 heteroatoms. The average molecular weight is 429 g/mol. The zero-order valence-electron chi connectivity index (χ0n) is 16.8. The molecule has 3 aromatic heterocycles. The van der Waals surface area contributed by atoms with Crippen LogP contribution in [0.3, 0.4) is 0 Å². The van der Waals surface area contributed by atoms with Crippen molar-refractivity contribution in [2.75, 3.05) is 13.1 Å². The lowest BCUT2D eigenvalue weighted by Crippen LogP contribution is -2.37. The van der Waals surface area contributed by atoms with E-state index in [0.717, 1.165) is 31.2 Å². The molecule has 0 radical (unpaired) electrons. The normalized spacial score (nSPS) is 14.8. The Balaban J connectivity index is 1.85. The molecule has 0 unspecified atom stereocenters.